The summed E-state index contributed by atoms with van der Waals surface area (Å²) in [5, 5.41) is 3.24. The molecular formula is C11H24N2. The Labute approximate surface area is 82.7 Å². The lowest BCUT2D eigenvalue weighted by atomic mass is 10.1. The Morgan fingerprint density at radius 3 is 2.85 bits per heavy atom. The molecule has 78 valence electrons. The van der Waals surface area contributed by atoms with Crippen molar-refractivity contribution in [1.29, 1.82) is 0 Å². The van der Waals surface area contributed by atoms with E-state index in [1.165, 1.54) is 32.5 Å². The third-order valence-electron chi connectivity index (χ3n) is 3.07. The molecule has 1 saturated heterocycles. The van der Waals surface area contributed by atoms with E-state index in [4.69, 9.17) is 0 Å². The highest BCUT2D eigenvalue weighted by atomic mass is 15.1. The summed E-state index contributed by atoms with van der Waals surface area (Å²) >= 11 is 0. The molecule has 1 aliphatic heterocycles. The first-order chi connectivity index (χ1) is 6.26. The van der Waals surface area contributed by atoms with Gasteiger partial charge in [-0.05, 0) is 38.4 Å². The molecule has 2 nitrogen and oxygen atoms in total. The molecule has 1 aliphatic rings. The lowest BCUT2D eigenvalue weighted by Crippen LogP contribution is -2.30. The zero-order valence-corrected chi connectivity index (χ0v) is 9.34. The van der Waals surface area contributed by atoms with Crippen molar-refractivity contribution in [3.63, 3.8) is 0 Å². The summed E-state index contributed by atoms with van der Waals surface area (Å²) in [6.07, 6.45) is 2.78. The summed E-state index contributed by atoms with van der Waals surface area (Å²) in [5.41, 5.74) is 0. The van der Waals surface area contributed by atoms with Gasteiger partial charge in [-0.15, -0.1) is 0 Å². The van der Waals surface area contributed by atoms with Gasteiger partial charge in [0, 0.05) is 13.1 Å². The highest BCUT2D eigenvalue weighted by Gasteiger charge is 2.21. The summed E-state index contributed by atoms with van der Waals surface area (Å²) < 4.78 is 0. The van der Waals surface area contributed by atoms with Gasteiger partial charge in [0.25, 0.3) is 0 Å². The molecule has 1 fully saturated rings. The van der Waals surface area contributed by atoms with Crippen molar-refractivity contribution in [1.82, 2.24) is 10.2 Å². The van der Waals surface area contributed by atoms with Crippen LogP contribution in [0.15, 0.2) is 0 Å². The second-order valence-corrected chi connectivity index (χ2v) is 4.49. The molecule has 0 spiro atoms. The minimum Gasteiger partial charge on any atom is -0.319 e. The van der Waals surface area contributed by atoms with Gasteiger partial charge in [-0.1, -0.05) is 20.3 Å². The lowest BCUT2D eigenvalue weighted by molar-refractivity contribution is 0.274. The average Bonchev–Trinajstić information content (AvgIpc) is 2.52. The second-order valence-electron chi connectivity index (χ2n) is 4.49. The summed E-state index contributed by atoms with van der Waals surface area (Å²) in [4.78, 5) is 2.62. The van der Waals surface area contributed by atoms with Crippen molar-refractivity contribution in [2.24, 2.45) is 11.8 Å². The van der Waals surface area contributed by atoms with Gasteiger partial charge in [-0.2, -0.15) is 0 Å². The van der Waals surface area contributed by atoms with Crippen molar-refractivity contribution >= 4 is 0 Å². The second kappa shape index (κ2) is 5.61. The van der Waals surface area contributed by atoms with Crippen LogP contribution in [-0.4, -0.2) is 38.1 Å². The molecule has 0 aliphatic carbocycles. The average molecular weight is 184 g/mol. The maximum absolute atomic E-state index is 3.24. The molecule has 1 N–H and O–H groups in total. The SMILES string of the molecule is CCC1CCN(CC(C)CNC)C1. The van der Waals surface area contributed by atoms with Crippen LogP contribution in [0.25, 0.3) is 0 Å². The molecule has 0 saturated carbocycles. The Bertz CT molecular complexity index is 136. The first kappa shape index (κ1) is 11.0. The van der Waals surface area contributed by atoms with Crippen LogP contribution in [0.4, 0.5) is 0 Å². The Morgan fingerprint density at radius 1 is 1.54 bits per heavy atom. The topological polar surface area (TPSA) is 15.3 Å². The first-order valence-electron chi connectivity index (χ1n) is 5.63. The molecule has 0 aromatic rings. The molecule has 1 rings (SSSR count). The van der Waals surface area contributed by atoms with Gasteiger partial charge in [0.1, 0.15) is 0 Å². The highest BCUT2D eigenvalue weighted by Crippen LogP contribution is 2.19. The van der Waals surface area contributed by atoms with E-state index in [1.807, 2.05) is 7.05 Å². The Morgan fingerprint density at radius 2 is 2.31 bits per heavy atom. The van der Waals surface area contributed by atoms with Gasteiger partial charge in [-0.25, -0.2) is 0 Å². The Balaban J connectivity index is 2.16. The molecule has 13 heavy (non-hydrogen) atoms. The number of likely N-dealkylation sites (tertiary alicyclic amines) is 1. The summed E-state index contributed by atoms with van der Waals surface area (Å²) in [5.74, 6) is 1.77. The van der Waals surface area contributed by atoms with E-state index in [1.54, 1.807) is 0 Å². The zero-order chi connectivity index (χ0) is 9.68. The molecule has 2 unspecified atom stereocenters. The van der Waals surface area contributed by atoms with Crippen LogP contribution in [0.2, 0.25) is 0 Å². The minimum atomic E-state index is 0.792. The van der Waals surface area contributed by atoms with Crippen LogP contribution < -0.4 is 5.32 Å². The molecule has 2 heteroatoms. The van der Waals surface area contributed by atoms with Gasteiger partial charge < -0.3 is 10.2 Å². The van der Waals surface area contributed by atoms with Crippen LogP contribution in [0.1, 0.15) is 26.7 Å². The number of rotatable bonds is 5. The van der Waals surface area contributed by atoms with Crippen LogP contribution in [0.5, 0.6) is 0 Å². The first-order valence-corrected chi connectivity index (χ1v) is 5.63. The third kappa shape index (κ3) is 3.65. The summed E-state index contributed by atoms with van der Waals surface area (Å²) in [6.45, 7) is 9.72. The van der Waals surface area contributed by atoms with E-state index in [-0.39, 0.29) is 0 Å². The van der Waals surface area contributed by atoms with E-state index in [2.05, 4.69) is 24.1 Å². The number of nitrogens with zero attached hydrogens (tertiary/aromatic N) is 1. The highest BCUT2D eigenvalue weighted by molar-refractivity contribution is 4.76. The largest absolute Gasteiger partial charge is 0.319 e. The molecule has 0 aromatic heterocycles. The third-order valence-corrected chi connectivity index (χ3v) is 3.07. The van der Waals surface area contributed by atoms with E-state index < -0.39 is 0 Å². The van der Waals surface area contributed by atoms with Crippen molar-refractivity contribution in [2.75, 3.05) is 33.2 Å². The minimum absolute atomic E-state index is 0.792. The predicted octanol–water partition coefficient (Wildman–Crippen LogP) is 1.57. The summed E-state index contributed by atoms with van der Waals surface area (Å²) in [6, 6.07) is 0. The van der Waals surface area contributed by atoms with Gasteiger partial charge in [0.05, 0.1) is 0 Å². The monoisotopic (exact) mass is 184 g/mol. The zero-order valence-electron chi connectivity index (χ0n) is 9.34. The van der Waals surface area contributed by atoms with Gasteiger partial charge in [-0.3, -0.25) is 0 Å². The van der Waals surface area contributed by atoms with Crippen molar-refractivity contribution in [2.45, 2.75) is 26.7 Å². The number of nitrogens with one attached hydrogen (secondary N) is 1. The van der Waals surface area contributed by atoms with Crippen LogP contribution in [-0.2, 0) is 0 Å². The molecule has 0 amide bonds. The molecule has 0 bridgehead atoms. The van der Waals surface area contributed by atoms with E-state index in [0.29, 0.717) is 0 Å². The maximum Gasteiger partial charge on any atom is 0.00193 e. The molecule has 0 aromatic carbocycles. The fourth-order valence-electron chi connectivity index (χ4n) is 2.27. The van der Waals surface area contributed by atoms with Crippen molar-refractivity contribution in [3.8, 4) is 0 Å². The van der Waals surface area contributed by atoms with Crippen LogP contribution in [0.3, 0.4) is 0 Å². The van der Waals surface area contributed by atoms with E-state index in [0.717, 1.165) is 18.4 Å². The number of hydrogen-bond donors (Lipinski definition) is 1. The molecular weight excluding hydrogens is 160 g/mol. The quantitative estimate of drug-likeness (QED) is 0.698. The van der Waals surface area contributed by atoms with Crippen LogP contribution in [0, 0.1) is 11.8 Å². The van der Waals surface area contributed by atoms with Crippen LogP contribution >= 0.6 is 0 Å². The fourth-order valence-corrected chi connectivity index (χ4v) is 2.27. The smallest absolute Gasteiger partial charge is 0.00193 e. The van der Waals surface area contributed by atoms with Gasteiger partial charge in [0.2, 0.25) is 0 Å². The van der Waals surface area contributed by atoms with Gasteiger partial charge >= 0.3 is 0 Å². The fraction of sp³-hybridized carbons (Fsp3) is 1.00. The van der Waals surface area contributed by atoms with Crippen molar-refractivity contribution in [3.05, 3.63) is 0 Å². The van der Waals surface area contributed by atoms with E-state index >= 15 is 0 Å². The predicted molar refractivity (Wildman–Crippen MR) is 57.9 cm³/mol. The number of hydrogen-bond acceptors (Lipinski definition) is 2. The maximum atomic E-state index is 3.24. The van der Waals surface area contributed by atoms with Gasteiger partial charge in [0.15, 0.2) is 0 Å². The normalized spacial score (nSPS) is 26.5. The Hall–Kier alpha value is -0.0800. The summed E-state index contributed by atoms with van der Waals surface area (Å²) in [7, 11) is 2.04. The molecule has 2 atom stereocenters. The van der Waals surface area contributed by atoms with E-state index in [9.17, 15) is 0 Å². The van der Waals surface area contributed by atoms with Crippen molar-refractivity contribution < 1.29 is 0 Å². The molecule has 1 heterocycles. The lowest BCUT2D eigenvalue weighted by Gasteiger charge is -2.20. The Kier molecular flexibility index (Phi) is 4.74. The standard InChI is InChI=1S/C11H24N2/c1-4-11-5-6-13(9-11)8-10(2)7-12-3/h10-12H,4-9H2,1-3H3. The molecule has 0 radical (unpaired) electrons.